The fraction of sp³-hybridized carbons (Fsp3) is 0.480. The van der Waals surface area contributed by atoms with Gasteiger partial charge in [0.05, 0.1) is 34.5 Å². The Hall–Kier alpha value is -2.38. The molecule has 6 nitrogen and oxygen atoms in total. The molecule has 0 aliphatic carbocycles. The van der Waals surface area contributed by atoms with Gasteiger partial charge in [0.25, 0.3) is 0 Å². The Morgan fingerprint density at radius 1 is 0.906 bits per heavy atom. The third kappa shape index (κ3) is 5.51. The van der Waals surface area contributed by atoms with Crippen molar-refractivity contribution in [2.45, 2.75) is 26.0 Å². The number of carbonyl (C=O) groups excluding carboxylic acids is 1. The summed E-state index contributed by atoms with van der Waals surface area (Å²) in [5.74, 6) is 4.72. The lowest BCUT2D eigenvalue weighted by atomic mass is 9.87. The van der Waals surface area contributed by atoms with Crippen LogP contribution in [0.3, 0.4) is 0 Å². The first-order chi connectivity index (χ1) is 15.3. The average Bonchev–Trinajstić information content (AvgIpc) is 2.79. The summed E-state index contributed by atoms with van der Waals surface area (Å²) in [6.07, 6.45) is 0. The van der Waals surface area contributed by atoms with E-state index in [-0.39, 0.29) is 27.3 Å². The van der Waals surface area contributed by atoms with Gasteiger partial charge in [0.15, 0.2) is 16.7 Å². The third-order valence-corrected chi connectivity index (χ3v) is 8.34. The van der Waals surface area contributed by atoms with Crippen molar-refractivity contribution in [1.82, 2.24) is 0 Å². The SMILES string of the molecule is COc1cc(OC)c(Oc2ccc(C(=O)C([S+]3CCOCC3)C(C)(C)C)cc2)c(OC)c1. The maximum atomic E-state index is 13.5. The highest BCUT2D eigenvalue weighted by molar-refractivity contribution is 7.98. The molecule has 1 unspecified atom stereocenters. The first kappa shape index (κ1) is 24.3. The second-order valence-electron chi connectivity index (χ2n) is 8.66. The number of rotatable bonds is 8. The maximum Gasteiger partial charge on any atom is 0.215 e. The minimum absolute atomic E-state index is 0.0180. The zero-order chi connectivity index (χ0) is 23.3. The minimum Gasteiger partial charge on any atom is -0.496 e. The molecule has 1 atom stereocenters. The molecule has 0 amide bonds. The number of hydrogen-bond acceptors (Lipinski definition) is 6. The van der Waals surface area contributed by atoms with Crippen LogP contribution >= 0.6 is 0 Å². The summed E-state index contributed by atoms with van der Waals surface area (Å²) in [4.78, 5) is 13.5. The highest BCUT2D eigenvalue weighted by Gasteiger charge is 2.46. The lowest BCUT2D eigenvalue weighted by Gasteiger charge is -2.31. The van der Waals surface area contributed by atoms with Gasteiger partial charge in [-0.05, 0) is 24.3 Å². The molecule has 32 heavy (non-hydrogen) atoms. The Morgan fingerprint density at radius 2 is 1.47 bits per heavy atom. The predicted octanol–water partition coefficient (Wildman–Crippen LogP) is 4.75. The number of hydrogen-bond donors (Lipinski definition) is 0. The first-order valence-corrected chi connectivity index (χ1v) is 12.3. The van der Waals surface area contributed by atoms with Gasteiger partial charge in [0.1, 0.15) is 23.0 Å². The molecule has 7 heteroatoms. The minimum atomic E-state index is -0.115. The van der Waals surface area contributed by atoms with E-state index < -0.39 is 0 Å². The van der Waals surface area contributed by atoms with Crippen LogP contribution in [0.25, 0.3) is 0 Å². The van der Waals surface area contributed by atoms with Crippen LogP contribution in [0.1, 0.15) is 31.1 Å². The highest BCUT2D eigenvalue weighted by Crippen LogP contribution is 2.43. The van der Waals surface area contributed by atoms with Crippen LogP contribution in [0.15, 0.2) is 36.4 Å². The monoisotopic (exact) mass is 461 g/mol. The number of ketones is 1. The molecule has 1 saturated heterocycles. The summed E-state index contributed by atoms with van der Waals surface area (Å²) in [5, 5.41) is -0.0278. The number of Topliss-reactive ketones (excluding diaryl/α,β-unsaturated/α-hetero) is 1. The number of benzene rings is 2. The molecule has 0 saturated carbocycles. The van der Waals surface area contributed by atoms with Crippen LogP contribution < -0.4 is 18.9 Å². The van der Waals surface area contributed by atoms with E-state index in [0.717, 1.165) is 24.7 Å². The second-order valence-corrected chi connectivity index (χ2v) is 11.0. The molecule has 1 fully saturated rings. The number of carbonyl (C=O) groups is 1. The van der Waals surface area contributed by atoms with Gasteiger partial charge < -0.3 is 23.7 Å². The normalized spacial score (nSPS) is 15.7. The largest absolute Gasteiger partial charge is 0.496 e. The molecular formula is C25H33O6S+. The van der Waals surface area contributed by atoms with E-state index in [1.54, 1.807) is 33.5 Å². The van der Waals surface area contributed by atoms with Crippen LogP contribution in [0.2, 0.25) is 0 Å². The molecule has 2 aromatic carbocycles. The van der Waals surface area contributed by atoms with Crippen LogP contribution in [0, 0.1) is 5.41 Å². The molecule has 1 heterocycles. The van der Waals surface area contributed by atoms with Crippen molar-refractivity contribution in [2.24, 2.45) is 5.41 Å². The van der Waals surface area contributed by atoms with Crippen molar-refractivity contribution in [3.8, 4) is 28.7 Å². The van der Waals surface area contributed by atoms with Gasteiger partial charge in [-0.15, -0.1) is 0 Å². The summed E-state index contributed by atoms with van der Waals surface area (Å²) >= 11 is 0. The zero-order valence-electron chi connectivity index (χ0n) is 19.7. The van der Waals surface area contributed by atoms with E-state index in [0.29, 0.717) is 34.3 Å². The van der Waals surface area contributed by atoms with Crippen LogP contribution in [-0.4, -0.2) is 57.1 Å². The summed E-state index contributed by atoms with van der Waals surface area (Å²) in [6.45, 7) is 7.93. The molecular weight excluding hydrogens is 428 g/mol. The molecule has 0 bridgehead atoms. The standard InChI is InChI=1S/C25H33O6S/c1-25(2,3)24(32-13-11-30-12-14-32)22(26)17-7-9-18(10-8-17)31-23-20(28-5)15-19(27-4)16-21(23)29-6/h7-10,15-16,24H,11-14H2,1-6H3/q+1. The summed E-state index contributed by atoms with van der Waals surface area (Å²) in [6, 6.07) is 10.8. The van der Waals surface area contributed by atoms with E-state index in [2.05, 4.69) is 20.8 Å². The Balaban J connectivity index is 1.84. The van der Waals surface area contributed by atoms with Gasteiger partial charge in [-0.25, -0.2) is 0 Å². The van der Waals surface area contributed by atoms with Crippen molar-refractivity contribution < 1.29 is 28.5 Å². The lowest BCUT2D eigenvalue weighted by molar-refractivity contribution is 0.0946. The van der Waals surface area contributed by atoms with Gasteiger partial charge >= 0.3 is 0 Å². The van der Waals surface area contributed by atoms with E-state index in [1.807, 2.05) is 24.3 Å². The van der Waals surface area contributed by atoms with Gasteiger partial charge in [0.2, 0.25) is 11.5 Å². The van der Waals surface area contributed by atoms with Crippen LogP contribution in [-0.2, 0) is 15.6 Å². The Bertz CT molecular complexity index is 888. The van der Waals surface area contributed by atoms with Crippen molar-refractivity contribution >= 4 is 16.7 Å². The van der Waals surface area contributed by atoms with Crippen LogP contribution in [0.4, 0.5) is 0 Å². The highest BCUT2D eigenvalue weighted by atomic mass is 32.2. The van der Waals surface area contributed by atoms with Crippen molar-refractivity contribution in [3.05, 3.63) is 42.0 Å². The quantitative estimate of drug-likeness (QED) is 0.418. The molecule has 1 aliphatic heterocycles. The topological polar surface area (TPSA) is 63.2 Å². The summed E-state index contributed by atoms with van der Waals surface area (Å²) in [7, 11) is 4.72. The molecule has 174 valence electrons. The fourth-order valence-electron chi connectivity index (χ4n) is 3.85. The predicted molar refractivity (Wildman–Crippen MR) is 128 cm³/mol. The zero-order valence-corrected chi connectivity index (χ0v) is 20.5. The fourth-order valence-corrected chi connectivity index (χ4v) is 6.63. The number of ether oxygens (including phenoxy) is 5. The van der Waals surface area contributed by atoms with E-state index in [4.69, 9.17) is 23.7 Å². The van der Waals surface area contributed by atoms with Gasteiger partial charge in [-0.2, -0.15) is 0 Å². The van der Waals surface area contributed by atoms with E-state index in [1.165, 1.54) is 0 Å². The molecule has 0 aromatic heterocycles. The molecule has 1 aliphatic rings. The maximum absolute atomic E-state index is 13.5. The Kier molecular flexibility index (Phi) is 7.96. The molecule has 0 radical (unpaired) electrons. The van der Waals surface area contributed by atoms with Crippen molar-refractivity contribution in [1.29, 1.82) is 0 Å². The molecule has 2 aromatic rings. The number of methoxy groups -OCH3 is 3. The van der Waals surface area contributed by atoms with Gasteiger partial charge in [-0.3, -0.25) is 4.79 Å². The summed E-state index contributed by atoms with van der Waals surface area (Å²) < 4.78 is 27.8. The van der Waals surface area contributed by atoms with Crippen molar-refractivity contribution in [3.63, 3.8) is 0 Å². The Morgan fingerprint density at radius 3 is 1.94 bits per heavy atom. The lowest BCUT2D eigenvalue weighted by Crippen LogP contribution is -2.47. The molecule has 0 N–H and O–H groups in total. The third-order valence-electron chi connectivity index (χ3n) is 5.37. The Labute approximate surface area is 193 Å². The average molecular weight is 462 g/mol. The summed E-state index contributed by atoms with van der Waals surface area (Å²) in [5.41, 5.74) is 0.584. The second kappa shape index (κ2) is 10.5. The van der Waals surface area contributed by atoms with Crippen molar-refractivity contribution in [2.75, 3.05) is 46.0 Å². The first-order valence-electron chi connectivity index (χ1n) is 10.6. The van der Waals surface area contributed by atoms with Gasteiger partial charge in [0, 0.05) is 34.0 Å². The molecule has 3 rings (SSSR count). The van der Waals surface area contributed by atoms with Gasteiger partial charge in [-0.1, -0.05) is 20.8 Å². The smallest absolute Gasteiger partial charge is 0.215 e. The van der Waals surface area contributed by atoms with Crippen LogP contribution in [0.5, 0.6) is 28.7 Å². The molecule has 0 spiro atoms. The van der Waals surface area contributed by atoms with E-state index in [9.17, 15) is 4.79 Å². The van der Waals surface area contributed by atoms with E-state index >= 15 is 0 Å².